The van der Waals surface area contributed by atoms with Crippen molar-refractivity contribution in [3.05, 3.63) is 65.5 Å². The topological polar surface area (TPSA) is 90.0 Å². The van der Waals surface area contributed by atoms with E-state index < -0.39 is 34.5 Å². The maximum absolute atomic E-state index is 14.6. The summed E-state index contributed by atoms with van der Waals surface area (Å²) >= 11 is 0. The molecule has 0 saturated heterocycles. The summed E-state index contributed by atoms with van der Waals surface area (Å²) in [5, 5.41) is 2.77. The predicted octanol–water partition coefficient (Wildman–Crippen LogP) is 2.69. The zero-order chi connectivity index (χ0) is 25.5. The van der Waals surface area contributed by atoms with Gasteiger partial charge < -0.3 is 10.2 Å². The Morgan fingerprint density at radius 2 is 1.68 bits per heavy atom. The summed E-state index contributed by atoms with van der Waals surface area (Å²) in [6, 6.07) is 12.0. The molecule has 0 aliphatic carbocycles. The number of benzene rings is 2. The summed E-state index contributed by atoms with van der Waals surface area (Å²) in [7, 11) is -1.59. The first-order chi connectivity index (χ1) is 16.0. The molecule has 1 N–H and O–H groups in total. The van der Waals surface area contributed by atoms with Crippen molar-refractivity contribution in [3.8, 4) is 0 Å². The summed E-state index contributed by atoms with van der Waals surface area (Å²) in [5.74, 6) is -1.76. The number of amides is 2. The van der Waals surface area contributed by atoms with E-state index in [-0.39, 0.29) is 18.1 Å². The van der Waals surface area contributed by atoms with E-state index in [2.05, 4.69) is 5.32 Å². The van der Waals surface area contributed by atoms with Crippen LogP contribution in [0.1, 0.15) is 31.4 Å². The van der Waals surface area contributed by atoms with Crippen molar-refractivity contribution in [3.63, 3.8) is 0 Å². The number of carbonyl (C=O) groups excluding carboxylic acids is 2. The van der Waals surface area contributed by atoms with Crippen LogP contribution in [0.3, 0.4) is 0 Å². The standard InChI is InChI=1S/C24H33FN4O4S/c1-6-15-26-24(31)19(3)28(16-20-13-11-18(2)12-14-20)23(30)17-29(34(32,33)27(4)5)22-10-8-7-9-21(22)25/h7-14,19H,6,15-17H2,1-5H3,(H,26,31)/t19-/m1/s1. The highest BCUT2D eigenvalue weighted by molar-refractivity contribution is 7.90. The van der Waals surface area contributed by atoms with Crippen molar-refractivity contribution in [2.75, 3.05) is 31.5 Å². The second-order valence-electron chi connectivity index (χ2n) is 8.22. The molecule has 34 heavy (non-hydrogen) atoms. The number of aryl methyl sites for hydroxylation is 1. The molecule has 0 aromatic heterocycles. The maximum Gasteiger partial charge on any atom is 0.304 e. The van der Waals surface area contributed by atoms with Crippen molar-refractivity contribution in [2.45, 2.75) is 39.8 Å². The molecule has 186 valence electrons. The number of halogens is 1. The van der Waals surface area contributed by atoms with Crippen LogP contribution >= 0.6 is 0 Å². The fourth-order valence-electron chi connectivity index (χ4n) is 3.22. The van der Waals surface area contributed by atoms with Gasteiger partial charge in [0.15, 0.2) is 0 Å². The lowest BCUT2D eigenvalue weighted by Crippen LogP contribution is -2.52. The first-order valence-corrected chi connectivity index (χ1v) is 12.5. The lowest BCUT2D eigenvalue weighted by molar-refractivity contribution is -0.139. The monoisotopic (exact) mass is 492 g/mol. The highest BCUT2D eigenvalue weighted by Gasteiger charge is 2.33. The Balaban J connectivity index is 2.44. The minimum atomic E-state index is -4.20. The Labute approximate surface area is 201 Å². The third kappa shape index (κ3) is 6.77. The predicted molar refractivity (Wildman–Crippen MR) is 131 cm³/mol. The van der Waals surface area contributed by atoms with Gasteiger partial charge in [-0.3, -0.25) is 9.59 Å². The van der Waals surface area contributed by atoms with Gasteiger partial charge in [-0.25, -0.2) is 8.70 Å². The Morgan fingerprint density at radius 1 is 1.06 bits per heavy atom. The SMILES string of the molecule is CCCNC(=O)[C@@H](C)N(Cc1ccc(C)cc1)C(=O)CN(c1ccccc1F)S(=O)(=O)N(C)C. The van der Waals surface area contributed by atoms with Crippen molar-refractivity contribution >= 4 is 27.7 Å². The summed E-state index contributed by atoms with van der Waals surface area (Å²) in [6.07, 6.45) is 0.729. The molecule has 0 radical (unpaired) electrons. The van der Waals surface area contributed by atoms with Gasteiger partial charge in [0, 0.05) is 27.2 Å². The minimum absolute atomic E-state index is 0.0902. The fourth-order valence-corrected chi connectivity index (χ4v) is 4.29. The van der Waals surface area contributed by atoms with Crippen LogP contribution in [0.4, 0.5) is 10.1 Å². The van der Waals surface area contributed by atoms with Crippen LogP contribution in [0.2, 0.25) is 0 Å². The third-order valence-corrected chi connectivity index (χ3v) is 7.14. The largest absolute Gasteiger partial charge is 0.354 e. The van der Waals surface area contributed by atoms with Gasteiger partial charge in [-0.15, -0.1) is 0 Å². The normalized spacial score (nSPS) is 12.3. The molecular formula is C24H33FN4O4S. The minimum Gasteiger partial charge on any atom is -0.354 e. The van der Waals surface area contributed by atoms with E-state index in [0.717, 1.165) is 32.2 Å². The van der Waals surface area contributed by atoms with Gasteiger partial charge >= 0.3 is 10.2 Å². The van der Waals surface area contributed by atoms with Crippen molar-refractivity contribution < 1.29 is 22.4 Å². The molecule has 0 fully saturated rings. The lowest BCUT2D eigenvalue weighted by Gasteiger charge is -2.33. The quantitative estimate of drug-likeness (QED) is 0.522. The van der Waals surface area contributed by atoms with Gasteiger partial charge in [-0.1, -0.05) is 48.9 Å². The molecule has 0 saturated carbocycles. The average Bonchev–Trinajstić information content (AvgIpc) is 2.80. The van der Waals surface area contributed by atoms with Gasteiger partial charge in [0.2, 0.25) is 11.8 Å². The van der Waals surface area contributed by atoms with Crippen LogP contribution in [-0.2, 0) is 26.3 Å². The molecule has 0 aliphatic rings. The molecule has 0 unspecified atom stereocenters. The van der Waals surface area contributed by atoms with Gasteiger partial charge in [-0.05, 0) is 38.0 Å². The Kier molecular flexibility index (Phi) is 9.57. The molecule has 2 aromatic carbocycles. The van der Waals surface area contributed by atoms with E-state index >= 15 is 0 Å². The van der Waals surface area contributed by atoms with Gasteiger partial charge in [0.05, 0.1) is 5.69 Å². The smallest absolute Gasteiger partial charge is 0.304 e. The average molecular weight is 493 g/mol. The van der Waals surface area contributed by atoms with E-state index in [0.29, 0.717) is 6.54 Å². The molecule has 8 nitrogen and oxygen atoms in total. The Morgan fingerprint density at radius 3 is 2.24 bits per heavy atom. The number of hydrogen-bond donors (Lipinski definition) is 1. The van der Waals surface area contributed by atoms with E-state index in [9.17, 15) is 22.4 Å². The van der Waals surface area contributed by atoms with E-state index in [4.69, 9.17) is 0 Å². The van der Waals surface area contributed by atoms with Crippen molar-refractivity contribution in [1.82, 2.24) is 14.5 Å². The molecule has 2 amide bonds. The molecular weight excluding hydrogens is 459 g/mol. The zero-order valence-electron chi connectivity index (χ0n) is 20.3. The molecule has 10 heteroatoms. The third-order valence-electron chi connectivity index (χ3n) is 5.33. The van der Waals surface area contributed by atoms with E-state index in [1.165, 1.54) is 37.2 Å². The lowest BCUT2D eigenvalue weighted by atomic mass is 10.1. The number of hydrogen-bond acceptors (Lipinski definition) is 4. The van der Waals surface area contributed by atoms with Gasteiger partial charge in [0.1, 0.15) is 18.4 Å². The van der Waals surface area contributed by atoms with E-state index in [1.54, 1.807) is 6.92 Å². The van der Waals surface area contributed by atoms with E-state index in [1.807, 2.05) is 38.1 Å². The Bertz CT molecular complexity index is 1090. The molecule has 0 heterocycles. The molecule has 0 spiro atoms. The van der Waals surface area contributed by atoms with Crippen LogP contribution in [0.25, 0.3) is 0 Å². The summed E-state index contributed by atoms with van der Waals surface area (Å²) < 4.78 is 42.3. The first kappa shape index (κ1) is 27.3. The van der Waals surface area contributed by atoms with Crippen LogP contribution in [0.15, 0.2) is 48.5 Å². The molecule has 2 rings (SSSR count). The van der Waals surface area contributed by atoms with Crippen molar-refractivity contribution in [2.24, 2.45) is 0 Å². The summed E-state index contributed by atoms with van der Waals surface area (Å²) in [5.41, 5.74) is 1.57. The molecule has 2 aromatic rings. The number of anilines is 1. The second kappa shape index (κ2) is 11.9. The maximum atomic E-state index is 14.6. The van der Waals surface area contributed by atoms with Crippen LogP contribution in [0, 0.1) is 12.7 Å². The molecule has 0 bridgehead atoms. The van der Waals surface area contributed by atoms with Crippen molar-refractivity contribution in [1.29, 1.82) is 0 Å². The van der Waals surface area contributed by atoms with Crippen LogP contribution in [0.5, 0.6) is 0 Å². The second-order valence-corrected chi connectivity index (χ2v) is 10.3. The number of nitrogens with zero attached hydrogens (tertiary/aromatic N) is 3. The number of nitrogens with one attached hydrogen (secondary N) is 1. The van der Waals surface area contributed by atoms with Crippen LogP contribution < -0.4 is 9.62 Å². The summed E-state index contributed by atoms with van der Waals surface area (Å²) in [4.78, 5) is 27.5. The zero-order valence-corrected chi connectivity index (χ0v) is 21.1. The molecule has 0 aliphatic heterocycles. The summed E-state index contributed by atoms with van der Waals surface area (Å²) in [6.45, 7) is 5.31. The first-order valence-electron chi connectivity index (χ1n) is 11.1. The fraction of sp³-hybridized carbons (Fsp3) is 0.417. The molecule has 1 atom stereocenters. The Hall–Kier alpha value is -2.98. The van der Waals surface area contributed by atoms with Crippen LogP contribution in [-0.4, -0.2) is 62.7 Å². The highest BCUT2D eigenvalue weighted by Crippen LogP contribution is 2.24. The highest BCUT2D eigenvalue weighted by atomic mass is 32.2. The van der Waals surface area contributed by atoms with Gasteiger partial charge in [0.25, 0.3) is 0 Å². The number of para-hydroxylation sites is 1. The van der Waals surface area contributed by atoms with Gasteiger partial charge in [-0.2, -0.15) is 12.7 Å². The number of carbonyl (C=O) groups is 2. The number of rotatable bonds is 11.